The van der Waals surface area contributed by atoms with Gasteiger partial charge in [0.05, 0.1) is 0 Å². The first-order valence-corrected chi connectivity index (χ1v) is 4.33. The van der Waals surface area contributed by atoms with Crippen LogP contribution in [0.15, 0.2) is 0 Å². The van der Waals surface area contributed by atoms with Crippen LogP contribution in [0.3, 0.4) is 0 Å². The third-order valence-corrected chi connectivity index (χ3v) is 0.612. The molecule has 0 saturated carbocycles. The summed E-state index contributed by atoms with van der Waals surface area (Å²) in [7, 11) is 0. The van der Waals surface area contributed by atoms with E-state index < -0.39 is 0 Å². The zero-order valence-corrected chi connectivity index (χ0v) is 4.69. The summed E-state index contributed by atoms with van der Waals surface area (Å²) in [4.78, 5) is 1.95. The molecule has 0 unspecified atom stereocenters. The van der Waals surface area contributed by atoms with Gasteiger partial charge < -0.3 is 0 Å². The van der Waals surface area contributed by atoms with E-state index in [9.17, 15) is 0 Å². The molecule has 0 aliphatic heterocycles. The fraction of sp³-hybridized carbons (Fsp3) is 0.500. The van der Waals surface area contributed by atoms with Gasteiger partial charge in [0.25, 0.3) is 0 Å². The summed E-state index contributed by atoms with van der Waals surface area (Å²) < 4.78 is 2.06. The molecule has 0 saturated heterocycles. The summed E-state index contributed by atoms with van der Waals surface area (Å²) in [5, 5.41) is 7.68. The normalized spacial score (nSPS) is 5.00. The number of hydrogen-bond donors (Lipinski definition) is 0. The van der Waals surface area contributed by atoms with Gasteiger partial charge in [-0.25, -0.2) is 0 Å². The van der Waals surface area contributed by atoms with Crippen LogP contribution in [0, 0.1) is 9.38 Å². The van der Waals surface area contributed by atoms with E-state index in [1.165, 1.54) is 0 Å². The van der Waals surface area contributed by atoms with Gasteiger partial charge in [0, 0.05) is 0 Å². The zero-order chi connectivity index (χ0) is 3.41. The fourth-order valence-electron chi connectivity index (χ4n) is 0. The summed E-state index contributed by atoms with van der Waals surface area (Å²) in [5.41, 5.74) is 0. The van der Waals surface area contributed by atoms with Crippen LogP contribution in [-0.4, -0.2) is 20.9 Å². The first-order chi connectivity index (χ1) is 1.91. The third kappa shape index (κ3) is 2.28. The van der Waals surface area contributed by atoms with Crippen LogP contribution in [0.2, 0.25) is 4.97 Å². The Morgan fingerprint density at radius 2 is 2.25 bits per heavy atom. The average molecular weight is 169 g/mol. The number of hydrogen-bond acceptors (Lipinski definition) is 1. The van der Waals surface area contributed by atoms with Gasteiger partial charge in [-0.2, -0.15) is 0 Å². The molecular formula is C2H3NTe. The Morgan fingerprint density at radius 3 is 2.25 bits per heavy atom. The van der Waals surface area contributed by atoms with Crippen molar-refractivity contribution >= 4 is 20.9 Å². The van der Waals surface area contributed by atoms with Crippen molar-refractivity contribution in [2.75, 3.05) is 0 Å². The van der Waals surface area contributed by atoms with Gasteiger partial charge in [-0.05, 0) is 0 Å². The molecule has 0 aromatic rings. The Kier molecular flexibility index (Phi) is 3.51. The van der Waals surface area contributed by atoms with Crippen LogP contribution in [0.5, 0.6) is 0 Å². The number of nitriles is 1. The molecule has 0 radical (unpaired) electrons. The van der Waals surface area contributed by atoms with Gasteiger partial charge >= 0.3 is 35.3 Å². The summed E-state index contributed by atoms with van der Waals surface area (Å²) in [6, 6.07) is 0. The molecule has 2 heteroatoms. The van der Waals surface area contributed by atoms with E-state index in [1.807, 2.05) is 4.97 Å². The molecule has 0 atom stereocenters. The van der Waals surface area contributed by atoms with Gasteiger partial charge in [0.1, 0.15) is 0 Å². The Balaban J connectivity index is 2.43. The van der Waals surface area contributed by atoms with Crippen molar-refractivity contribution < 1.29 is 0 Å². The molecular weight excluding hydrogens is 166 g/mol. The van der Waals surface area contributed by atoms with E-state index in [4.69, 9.17) is 5.26 Å². The first kappa shape index (κ1) is 4.28. The molecule has 1 nitrogen and oxygen atoms in total. The SMILES string of the molecule is C[Te]C#N. The predicted molar refractivity (Wildman–Crippen MR) is 17.2 cm³/mol. The Bertz CT molecular complexity index is 35.8. The molecule has 0 aromatic carbocycles. The van der Waals surface area contributed by atoms with Crippen LogP contribution in [0.1, 0.15) is 0 Å². The van der Waals surface area contributed by atoms with Crippen molar-refractivity contribution in [3.63, 3.8) is 0 Å². The van der Waals surface area contributed by atoms with E-state index in [2.05, 4.69) is 4.12 Å². The fourth-order valence-corrected chi connectivity index (χ4v) is 0. The van der Waals surface area contributed by atoms with Crippen molar-refractivity contribution in [1.82, 2.24) is 0 Å². The standard InChI is InChI=1S/C2H3NTe/c1-4-2-3/h1H3. The van der Waals surface area contributed by atoms with Crippen LogP contribution in [0.4, 0.5) is 0 Å². The quantitative estimate of drug-likeness (QED) is 0.475. The van der Waals surface area contributed by atoms with Crippen molar-refractivity contribution in [1.29, 1.82) is 5.26 Å². The van der Waals surface area contributed by atoms with Gasteiger partial charge in [-0.15, -0.1) is 0 Å². The number of nitrogens with zero attached hydrogens (tertiary/aromatic N) is 1. The summed E-state index contributed by atoms with van der Waals surface area (Å²) >= 11 is -0.213. The van der Waals surface area contributed by atoms with E-state index >= 15 is 0 Å². The van der Waals surface area contributed by atoms with Gasteiger partial charge in [0.15, 0.2) is 0 Å². The topological polar surface area (TPSA) is 23.8 Å². The molecule has 0 amide bonds. The van der Waals surface area contributed by atoms with Crippen molar-refractivity contribution in [2.45, 2.75) is 4.97 Å². The Labute approximate surface area is 35.7 Å². The minimum absolute atomic E-state index is 0.213. The first-order valence-electron chi connectivity index (χ1n) is 0.836. The molecule has 0 spiro atoms. The van der Waals surface area contributed by atoms with Crippen LogP contribution in [0.25, 0.3) is 0 Å². The second-order valence-electron chi connectivity index (χ2n) is 0.295. The summed E-state index contributed by atoms with van der Waals surface area (Å²) in [6.45, 7) is 0. The van der Waals surface area contributed by atoms with Crippen molar-refractivity contribution in [3.8, 4) is 4.12 Å². The van der Waals surface area contributed by atoms with Crippen LogP contribution in [-0.2, 0) is 0 Å². The molecule has 0 aromatic heterocycles. The molecule has 4 heavy (non-hydrogen) atoms. The third-order valence-electron chi connectivity index (χ3n) is 0.0913. The monoisotopic (exact) mass is 171 g/mol. The molecule has 0 bridgehead atoms. The van der Waals surface area contributed by atoms with E-state index in [-0.39, 0.29) is 20.9 Å². The maximum absolute atomic E-state index is 7.68. The zero-order valence-electron chi connectivity index (χ0n) is 2.36. The second-order valence-corrected chi connectivity index (χ2v) is 1.98. The minimum atomic E-state index is -0.213. The number of rotatable bonds is 0. The van der Waals surface area contributed by atoms with Gasteiger partial charge in [-0.3, -0.25) is 0 Å². The molecule has 0 fully saturated rings. The summed E-state index contributed by atoms with van der Waals surface area (Å²) in [6.07, 6.45) is 0. The molecule has 0 rings (SSSR count). The van der Waals surface area contributed by atoms with Crippen molar-refractivity contribution in [2.24, 2.45) is 0 Å². The molecule has 22 valence electrons. The maximum atomic E-state index is 7.68. The van der Waals surface area contributed by atoms with Gasteiger partial charge in [-0.1, -0.05) is 0 Å². The van der Waals surface area contributed by atoms with Crippen LogP contribution >= 0.6 is 0 Å². The van der Waals surface area contributed by atoms with Crippen LogP contribution < -0.4 is 0 Å². The van der Waals surface area contributed by atoms with E-state index in [1.54, 1.807) is 0 Å². The predicted octanol–water partition coefficient (Wildman–Crippen LogP) is 0.220. The van der Waals surface area contributed by atoms with Crippen molar-refractivity contribution in [3.05, 3.63) is 0 Å². The summed E-state index contributed by atoms with van der Waals surface area (Å²) in [5.74, 6) is 0. The molecule has 0 heterocycles. The van der Waals surface area contributed by atoms with E-state index in [0.29, 0.717) is 0 Å². The molecule has 0 N–H and O–H groups in total. The molecule has 0 aliphatic carbocycles. The van der Waals surface area contributed by atoms with E-state index in [0.717, 1.165) is 0 Å². The molecule has 0 aliphatic rings. The van der Waals surface area contributed by atoms with Gasteiger partial charge in [0.2, 0.25) is 0 Å². The second kappa shape index (κ2) is 3.28. The Hall–Kier alpha value is 0.280. The Morgan fingerprint density at radius 1 is 2.00 bits per heavy atom. The average Bonchev–Trinajstić information content (AvgIpc) is 1.37.